The molecule has 0 aliphatic carbocycles. The first-order valence-corrected chi connectivity index (χ1v) is 10.0. The third-order valence-corrected chi connectivity index (χ3v) is 5.34. The van der Waals surface area contributed by atoms with E-state index >= 15 is 0 Å². The molecular formula is C21H26ClN3O3. The highest BCUT2D eigenvalue weighted by atomic mass is 35.5. The number of anilines is 1. The second kappa shape index (κ2) is 9.37. The molecule has 6 nitrogen and oxygen atoms in total. The van der Waals surface area contributed by atoms with Crippen LogP contribution in [0.2, 0.25) is 5.02 Å². The molecule has 0 aromatic heterocycles. The molecule has 3 rings (SSSR count). The second-order valence-corrected chi connectivity index (χ2v) is 7.28. The van der Waals surface area contributed by atoms with Gasteiger partial charge in [-0.25, -0.2) is 0 Å². The molecule has 0 spiro atoms. The van der Waals surface area contributed by atoms with Crippen LogP contribution in [0.15, 0.2) is 42.5 Å². The fourth-order valence-corrected chi connectivity index (χ4v) is 3.79. The van der Waals surface area contributed by atoms with E-state index in [4.69, 9.17) is 16.3 Å². The van der Waals surface area contributed by atoms with E-state index in [1.807, 2.05) is 30.3 Å². The average molecular weight is 404 g/mol. The standard InChI is InChI=1S/C21H26ClN3O3/c1-3-23(4-2)20-11-10-18(25(26)27)14-19(20)21-24(12-5-13-28-21)15-16-6-8-17(22)9-7-16/h6-11,14,21H,3-5,12-13,15H2,1-2H3. The Balaban J connectivity index is 1.98. The number of ether oxygens (including phenoxy) is 1. The van der Waals surface area contributed by atoms with Crippen molar-refractivity contribution in [3.05, 3.63) is 68.7 Å². The van der Waals surface area contributed by atoms with Gasteiger partial charge in [0.05, 0.1) is 11.5 Å². The summed E-state index contributed by atoms with van der Waals surface area (Å²) >= 11 is 6.01. The number of rotatable bonds is 7. The molecule has 7 heteroatoms. The van der Waals surface area contributed by atoms with Gasteiger partial charge in [-0.1, -0.05) is 23.7 Å². The number of nitro groups is 1. The van der Waals surface area contributed by atoms with Crippen LogP contribution in [0.4, 0.5) is 11.4 Å². The number of nitrogens with zero attached hydrogens (tertiary/aromatic N) is 3. The van der Waals surface area contributed by atoms with E-state index in [-0.39, 0.29) is 16.8 Å². The van der Waals surface area contributed by atoms with Crippen molar-refractivity contribution in [1.82, 2.24) is 4.90 Å². The molecule has 1 saturated heterocycles. The summed E-state index contributed by atoms with van der Waals surface area (Å²) in [5.41, 5.74) is 3.07. The molecule has 1 unspecified atom stereocenters. The molecule has 28 heavy (non-hydrogen) atoms. The van der Waals surface area contributed by atoms with Gasteiger partial charge < -0.3 is 9.64 Å². The summed E-state index contributed by atoms with van der Waals surface area (Å²) in [5, 5.41) is 12.1. The second-order valence-electron chi connectivity index (χ2n) is 6.85. The van der Waals surface area contributed by atoms with E-state index in [9.17, 15) is 10.1 Å². The Morgan fingerprint density at radius 2 is 1.93 bits per heavy atom. The number of non-ortho nitro benzene ring substituents is 1. The van der Waals surface area contributed by atoms with Crippen LogP contribution in [0.1, 0.15) is 37.6 Å². The number of nitro benzene ring substituents is 1. The fourth-order valence-electron chi connectivity index (χ4n) is 3.66. The smallest absolute Gasteiger partial charge is 0.270 e. The fraction of sp³-hybridized carbons (Fsp3) is 0.429. The molecule has 0 bridgehead atoms. The van der Waals surface area contributed by atoms with Gasteiger partial charge in [-0.15, -0.1) is 0 Å². The molecule has 0 saturated carbocycles. The minimum absolute atomic E-state index is 0.0894. The summed E-state index contributed by atoms with van der Waals surface area (Å²) in [4.78, 5) is 15.5. The minimum atomic E-state index is -0.345. The molecule has 2 aromatic carbocycles. The molecule has 0 amide bonds. The Bertz CT molecular complexity index is 809. The van der Waals surface area contributed by atoms with E-state index in [1.54, 1.807) is 12.1 Å². The van der Waals surface area contributed by atoms with Gasteiger partial charge >= 0.3 is 0 Å². The molecule has 1 aliphatic heterocycles. The molecule has 0 radical (unpaired) electrons. The van der Waals surface area contributed by atoms with Crippen LogP contribution in [0.3, 0.4) is 0 Å². The largest absolute Gasteiger partial charge is 0.372 e. The molecule has 2 aromatic rings. The molecule has 0 N–H and O–H groups in total. The number of hydrogen-bond acceptors (Lipinski definition) is 5. The zero-order valence-corrected chi connectivity index (χ0v) is 17.1. The first-order chi connectivity index (χ1) is 13.5. The third-order valence-electron chi connectivity index (χ3n) is 5.09. The molecule has 1 heterocycles. The van der Waals surface area contributed by atoms with Crippen molar-refractivity contribution < 1.29 is 9.66 Å². The highest BCUT2D eigenvalue weighted by molar-refractivity contribution is 6.30. The van der Waals surface area contributed by atoms with E-state index in [1.165, 1.54) is 0 Å². The van der Waals surface area contributed by atoms with Crippen LogP contribution in [-0.4, -0.2) is 36.1 Å². The molecule has 1 atom stereocenters. The molecule has 1 aliphatic rings. The summed E-state index contributed by atoms with van der Waals surface area (Å²) in [6.07, 6.45) is 0.611. The lowest BCUT2D eigenvalue weighted by molar-refractivity contribution is -0.385. The first-order valence-electron chi connectivity index (χ1n) is 9.66. The Morgan fingerprint density at radius 1 is 1.21 bits per heavy atom. The van der Waals surface area contributed by atoms with Gasteiger partial charge in [0.15, 0.2) is 0 Å². The highest BCUT2D eigenvalue weighted by Gasteiger charge is 2.29. The molecule has 1 fully saturated rings. The van der Waals surface area contributed by atoms with Gasteiger partial charge in [-0.2, -0.15) is 0 Å². The first kappa shape index (κ1) is 20.6. The van der Waals surface area contributed by atoms with E-state index < -0.39 is 0 Å². The lowest BCUT2D eigenvalue weighted by atomic mass is 10.1. The summed E-state index contributed by atoms with van der Waals surface area (Å²) in [5.74, 6) is 0. The summed E-state index contributed by atoms with van der Waals surface area (Å²) < 4.78 is 6.14. The van der Waals surface area contributed by atoms with Gasteiger partial charge in [0.2, 0.25) is 0 Å². The van der Waals surface area contributed by atoms with Crippen molar-refractivity contribution in [2.45, 2.75) is 33.0 Å². The van der Waals surface area contributed by atoms with Gasteiger partial charge in [-0.05, 0) is 44.0 Å². The van der Waals surface area contributed by atoms with Crippen LogP contribution < -0.4 is 4.90 Å². The quantitative estimate of drug-likeness (QED) is 0.480. The maximum Gasteiger partial charge on any atom is 0.270 e. The number of hydrogen-bond donors (Lipinski definition) is 0. The number of benzene rings is 2. The van der Waals surface area contributed by atoms with Gasteiger partial charge in [0, 0.05) is 54.6 Å². The molecule has 150 valence electrons. The summed E-state index contributed by atoms with van der Waals surface area (Å²) in [6.45, 7) is 8.03. The highest BCUT2D eigenvalue weighted by Crippen LogP contribution is 2.36. The average Bonchev–Trinajstić information content (AvgIpc) is 2.71. The monoisotopic (exact) mass is 403 g/mol. The van der Waals surface area contributed by atoms with Crippen molar-refractivity contribution in [2.75, 3.05) is 31.1 Å². The maximum absolute atomic E-state index is 11.4. The van der Waals surface area contributed by atoms with Gasteiger partial charge in [0.1, 0.15) is 6.23 Å². The van der Waals surface area contributed by atoms with E-state index in [0.717, 1.165) is 42.9 Å². The Hall–Kier alpha value is -2.15. The predicted octanol–water partition coefficient (Wildman–Crippen LogP) is 5.02. The van der Waals surface area contributed by atoms with Crippen LogP contribution >= 0.6 is 11.6 Å². The van der Waals surface area contributed by atoms with Crippen molar-refractivity contribution in [3.8, 4) is 0 Å². The van der Waals surface area contributed by atoms with Crippen LogP contribution in [0, 0.1) is 10.1 Å². The zero-order chi connectivity index (χ0) is 20.1. The lowest BCUT2D eigenvalue weighted by Gasteiger charge is -2.38. The number of halogens is 1. The summed E-state index contributed by atoms with van der Waals surface area (Å²) in [7, 11) is 0. The van der Waals surface area contributed by atoms with E-state index in [2.05, 4.69) is 23.6 Å². The van der Waals surface area contributed by atoms with Crippen molar-refractivity contribution in [3.63, 3.8) is 0 Å². The van der Waals surface area contributed by atoms with Crippen LogP contribution in [0.5, 0.6) is 0 Å². The zero-order valence-electron chi connectivity index (χ0n) is 16.3. The lowest BCUT2D eigenvalue weighted by Crippen LogP contribution is -2.37. The van der Waals surface area contributed by atoms with Crippen LogP contribution in [0.25, 0.3) is 0 Å². The van der Waals surface area contributed by atoms with Crippen molar-refractivity contribution >= 4 is 23.0 Å². The minimum Gasteiger partial charge on any atom is -0.372 e. The third kappa shape index (κ3) is 4.63. The Labute approximate surface area is 170 Å². The van der Waals surface area contributed by atoms with Gasteiger partial charge in [-0.3, -0.25) is 15.0 Å². The maximum atomic E-state index is 11.4. The van der Waals surface area contributed by atoms with Crippen LogP contribution in [-0.2, 0) is 11.3 Å². The van der Waals surface area contributed by atoms with E-state index in [0.29, 0.717) is 18.2 Å². The Kier molecular flexibility index (Phi) is 6.88. The van der Waals surface area contributed by atoms with Crippen molar-refractivity contribution in [1.29, 1.82) is 0 Å². The van der Waals surface area contributed by atoms with Crippen molar-refractivity contribution in [2.24, 2.45) is 0 Å². The Morgan fingerprint density at radius 3 is 2.57 bits per heavy atom. The normalized spacial score (nSPS) is 17.5. The predicted molar refractivity (Wildman–Crippen MR) is 112 cm³/mol. The summed E-state index contributed by atoms with van der Waals surface area (Å²) in [6, 6.07) is 12.9. The molecular weight excluding hydrogens is 378 g/mol. The van der Waals surface area contributed by atoms with Gasteiger partial charge in [0.25, 0.3) is 5.69 Å². The SMILES string of the molecule is CCN(CC)c1ccc([N+](=O)[O-])cc1C1OCCCN1Cc1ccc(Cl)cc1. The topological polar surface area (TPSA) is 58.9 Å².